The van der Waals surface area contributed by atoms with Gasteiger partial charge in [-0.05, 0) is 57.2 Å². The average molecular weight is 401 g/mol. The maximum absolute atomic E-state index is 12.8. The molecule has 0 saturated carbocycles. The van der Waals surface area contributed by atoms with Gasteiger partial charge in [-0.2, -0.15) is 0 Å². The number of hydrogen-bond acceptors (Lipinski definition) is 5. The molecule has 0 radical (unpaired) electrons. The van der Waals surface area contributed by atoms with Gasteiger partial charge in [-0.3, -0.25) is 19.5 Å². The molecule has 0 bridgehead atoms. The van der Waals surface area contributed by atoms with Gasteiger partial charge in [0.1, 0.15) is 5.75 Å². The number of nitrogens with zero attached hydrogens (tertiary/aromatic N) is 4. The topological polar surface area (TPSA) is 66.0 Å². The van der Waals surface area contributed by atoms with Crippen molar-refractivity contribution in [1.82, 2.24) is 19.7 Å². The highest BCUT2D eigenvalue weighted by atomic mass is 16.5. The highest BCUT2D eigenvalue weighted by molar-refractivity contribution is 5.79. The summed E-state index contributed by atoms with van der Waals surface area (Å²) in [6.45, 7) is 5.44. The Hall–Kier alpha value is -2.15. The fourth-order valence-electron chi connectivity index (χ4n) is 4.88. The quantitative estimate of drug-likeness (QED) is 0.754. The molecule has 1 aromatic rings. The zero-order chi connectivity index (χ0) is 20.1. The first kappa shape index (κ1) is 20.1. The molecule has 3 aliphatic heterocycles. The van der Waals surface area contributed by atoms with E-state index < -0.39 is 0 Å². The lowest BCUT2D eigenvalue weighted by atomic mass is 9.93. The van der Waals surface area contributed by atoms with Crippen LogP contribution in [-0.2, 0) is 9.59 Å². The van der Waals surface area contributed by atoms with Crippen LogP contribution in [0.2, 0.25) is 0 Å². The van der Waals surface area contributed by atoms with Crippen LogP contribution in [0.15, 0.2) is 24.5 Å². The minimum atomic E-state index is 0.0352. The lowest BCUT2D eigenvalue weighted by Crippen LogP contribution is -2.52. The van der Waals surface area contributed by atoms with Crippen molar-refractivity contribution in [1.29, 1.82) is 0 Å². The van der Waals surface area contributed by atoms with Crippen LogP contribution in [0.1, 0.15) is 38.5 Å². The van der Waals surface area contributed by atoms with Crippen molar-refractivity contribution in [2.45, 2.75) is 44.6 Å². The van der Waals surface area contributed by atoms with Gasteiger partial charge in [-0.1, -0.05) is 0 Å². The summed E-state index contributed by atoms with van der Waals surface area (Å²) in [6, 6.07) is 4.08. The monoisotopic (exact) mass is 400 g/mol. The summed E-state index contributed by atoms with van der Waals surface area (Å²) in [4.78, 5) is 35.7. The van der Waals surface area contributed by atoms with E-state index in [0.29, 0.717) is 17.7 Å². The summed E-state index contributed by atoms with van der Waals surface area (Å²) >= 11 is 0. The number of ether oxygens (including phenoxy) is 1. The molecule has 0 aliphatic carbocycles. The van der Waals surface area contributed by atoms with Crippen molar-refractivity contribution in [2.75, 3.05) is 45.9 Å². The first-order valence-electron chi connectivity index (χ1n) is 11.0. The SMILES string of the molecule is O=C(COc1cccnc1)N1CCC(N2CCC[C@H](C(=O)N3CCCC3)C2)CC1. The number of hydrogen-bond donors (Lipinski definition) is 0. The molecule has 4 rings (SSSR count). The van der Waals surface area contributed by atoms with Crippen LogP contribution in [0, 0.1) is 5.92 Å². The van der Waals surface area contributed by atoms with E-state index >= 15 is 0 Å². The van der Waals surface area contributed by atoms with Crippen molar-refractivity contribution in [3.63, 3.8) is 0 Å². The largest absolute Gasteiger partial charge is 0.482 e. The van der Waals surface area contributed by atoms with Crippen molar-refractivity contribution < 1.29 is 14.3 Å². The fraction of sp³-hybridized carbons (Fsp3) is 0.682. The highest BCUT2D eigenvalue weighted by Gasteiger charge is 2.34. The smallest absolute Gasteiger partial charge is 0.260 e. The zero-order valence-electron chi connectivity index (χ0n) is 17.2. The molecule has 1 atom stereocenters. The van der Waals surface area contributed by atoms with Crippen molar-refractivity contribution >= 4 is 11.8 Å². The third-order valence-corrected chi connectivity index (χ3v) is 6.55. The predicted octanol–water partition coefficient (Wildman–Crippen LogP) is 1.79. The van der Waals surface area contributed by atoms with Crippen molar-refractivity contribution in [3.05, 3.63) is 24.5 Å². The fourth-order valence-corrected chi connectivity index (χ4v) is 4.88. The molecular formula is C22H32N4O3. The molecule has 158 valence electrons. The number of likely N-dealkylation sites (tertiary alicyclic amines) is 3. The standard InChI is InChI=1S/C22H32N4O3/c27-21(17-29-20-6-3-9-23-15-20)24-13-7-19(8-14-24)26-12-4-5-18(16-26)22(28)25-10-1-2-11-25/h3,6,9,15,18-19H,1-2,4-5,7-8,10-14,16-17H2/t18-/m0/s1. The van der Waals surface area contributed by atoms with Gasteiger partial charge >= 0.3 is 0 Å². The molecule has 1 aromatic heterocycles. The highest BCUT2D eigenvalue weighted by Crippen LogP contribution is 2.26. The number of pyridine rings is 1. The molecule has 3 fully saturated rings. The summed E-state index contributed by atoms with van der Waals surface area (Å²) in [5.74, 6) is 1.19. The van der Waals surface area contributed by atoms with Gasteiger partial charge in [0, 0.05) is 45.0 Å². The molecule has 7 nitrogen and oxygen atoms in total. The van der Waals surface area contributed by atoms with Crippen LogP contribution in [0.25, 0.3) is 0 Å². The number of piperidine rings is 2. The Morgan fingerprint density at radius 1 is 1.00 bits per heavy atom. The normalized spacial score (nSPS) is 23.9. The van der Waals surface area contributed by atoms with Gasteiger partial charge in [-0.15, -0.1) is 0 Å². The zero-order valence-corrected chi connectivity index (χ0v) is 17.2. The molecule has 0 aromatic carbocycles. The second kappa shape index (κ2) is 9.57. The van der Waals surface area contributed by atoms with Gasteiger partial charge in [-0.25, -0.2) is 0 Å². The third-order valence-electron chi connectivity index (χ3n) is 6.55. The first-order chi connectivity index (χ1) is 14.2. The van der Waals surface area contributed by atoms with E-state index in [0.717, 1.165) is 77.8 Å². The van der Waals surface area contributed by atoms with E-state index in [1.165, 1.54) is 0 Å². The van der Waals surface area contributed by atoms with E-state index in [1.54, 1.807) is 18.5 Å². The van der Waals surface area contributed by atoms with Crippen LogP contribution >= 0.6 is 0 Å². The van der Waals surface area contributed by atoms with Crippen LogP contribution in [-0.4, -0.2) is 83.4 Å². The molecule has 0 unspecified atom stereocenters. The van der Waals surface area contributed by atoms with E-state index in [-0.39, 0.29) is 18.4 Å². The Labute approximate surface area is 173 Å². The summed E-state index contributed by atoms with van der Waals surface area (Å²) in [5.41, 5.74) is 0. The van der Waals surface area contributed by atoms with Crippen LogP contribution < -0.4 is 4.74 Å². The minimum Gasteiger partial charge on any atom is -0.482 e. The number of carbonyl (C=O) groups excluding carboxylic acids is 2. The molecule has 2 amide bonds. The molecular weight excluding hydrogens is 368 g/mol. The Bertz CT molecular complexity index is 685. The van der Waals surface area contributed by atoms with E-state index in [9.17, 15) is 9.59 Å². The summed E-state index contributed by atoms with van der Waals surface area (Å²) < 4.78 is 5.55. The lowest BCUT2D eigenvalue weighted by Gasteiger charge is -2.42. The summed E-state index contributed by atoms with van der Waals surface area (Å²) in [5, 5.41) is 0. The minimum absolute atomic E-state index is 0.0352. The number of amides is 2. The Kier molecular flexibility index (Phi) is 6.64. The van der Waals surface area contributed by atoms with Gasteiger partial charge in [0.05, 0.1) is 12.1 Å². The molecule has 4 heterocycles. The lowest BCUT2D eigenvalue weighted by molar-refractivity contribution is -0.137. The Morgan fingerprint density at radius 2 is 1.79 bits per heavy atom. The van der Waals surface area contributed by atoms with Crippen LogP contribution in [0.5, 0.6) is 5.75 Å². The van der Waals surface area contributed by atoms with E-state index in [1.807, 2.05) is 11.0 Å². The van der Waals surface area contributed by atoms with E-state index in [4.69, 9.17) is 4.74 Å². The second-order valence-electron chi connectivity index (χ2n) is 8.46. The molecule has 0 spiro atoms. The predicted molar refractivity (Wildman–Crippen MR) is 109 cm³/mol. The molecule has 0 N–H and O–H groups in total. The number of carbonyl (C=O) groups is 2. The Balaban J connectivity index is 1.22. The van der Waals surface area contributed by atoms with Crippen molar-refractivity contribution in [3.8, 4) is 5.75 Å². The Morgan fingerprint density at radius 3 is 2.52 bits per heavy atom. The third kappa shape index (κ3) is 5.07. The maximum atomic E-state index is 12.8. The summed E-state index contributed by atoms with van der Waals surface area (Å²) in [6.07, 6.45) is 9.68. The van der Waals surface area contributed by atoms with Gasteiger partial charge in [0.15, 0.2) is 6.61 Å². The number of aromatic nitrogens is 1. The number of rotatable bonds is 5. The second-order valence-corrected chi connectivity index (χ2v) is 8.46. The summed E-state index contributed by atoms with van der Waals surface area (Å²) in [7, 11) is 0. The maximum Gasteiger partial charge on any atom is 0.260 e. The van der Waals surface area contributed by atoms with Gasteiger partial charge < -0.3 is 14.5 Å². The van der Waals surface area contributed by atoms with Crippen LogP contribution in [0.3, 0.4) is 0 Å². The molecule has 7 heteroatoms. The molecule has 3 aliphatic rings. The van der Waals surface area contributed by atoms with Gasteiger partial charge in [0.2, 0.25) is 5.91 Å². The van der Waals surface area contributed by atoms with Gasteiger partial charge in [0.25, 0.3) is 5.91 Å². The van der Waals surface area contributed by atoms with Crippen LogP contribution in [0.4, 0.5) is 0 Å². The first-order valence-corrected chi connectivity index (χ1v) is 11.0. The van der Waals surface area contributed by atoms with E-state index in [2.05, 4.69) is 14.8 Å². The molecule has 29 heavy (non-hydrogen) atoms. The molecule has 3 saturated heterocycles. The van der Waals surface area contributed by atoms with Crippen molar-refractivity contribution in [2.24, 2.45) is 5.92 Å². The average Bonchev–Trinajstić information content (AvgIpc) is 3.33.